The SMILES string of the molecule is Cc1ccsc1/C(=C/CCN1CCC=C(C(=O)O)C1)c1cccs1. The van der Waals surface area contributed by atoms with Crippen LogP contribution in [0.5, 0.6) is 0 Å². The molecule has 2 aromatic rings. The zero-order valence-corrected chi connectivity index (χ0v) is 15.3. The number of aliphatic carboxylic acids is 1. The molecule has 3 nitrogen and oxygen atoms in total. The Morgan fingerprint density at radius 2 is 2.21 bits per heavy atom. The summed E-state index contributed by atoms with van der Waals surface area (Å²) in [7, 11) is 0. The van der Waals surface area contributed by atoms with Gasteiger partial charge in [0, 0.05) is 40.5 Å². The third-order valence-electron chi connectivity index (χ3n) is 4.19. The molecule has 2 aromatic heterocycles. The Balaban J connectivity index is 1.70. The molecule has 0 atom stereocenters. The van der Waals surface area contributed by atoms with Gasteiger partial charge in [-0.1, -0.05) is 18.2 Å². The second kappa shape index (κ2) is 7.92. The zero-order valence-electron chi connectivity index (χ0n) is 13.7. The molecule has 1 aliphatic rings. The summed E-state index contributed by atoms with van der Waals surface area (Å²) in [4.78, 5) is 16.0. The molecule has 1 N–H and O–H groups in total. The molecule has 126 valence electrons. The molecule has 0 saturated carbocycles. The van der Waals surface area contributed by atoms with E-state index >= 15 is 0 Å². The largest absolute Gasteiger partial charge is 0.478 e. The van der Waals surface area contributed by atoms with E-state index in [-0.39, 0.29) is 0 Å². The molecule has 0 bridgehead atoms. The van der Waals surface area contributed by atoms with E-state index in [1.54, 1.807) is 22.7 Å². The summed E-state index contributed by atoms with van der Waals surface area (Å²) in [5.41, 5.74) is 3.15. The summed E-state index contributed by atoms with van der Waals surface area (Å²) in [5, 5.41) is 13.4. The van der Waals surface area contributed by atoms with Gasteiger partial charge in [0.1, 0.15) is 0 Å². The number of nitrogens with zero attached hydrogens (tertiary/aromatic N) is 1. The van der Waals surface area contributed by atoms with Crippen molar-refractivity contribution >= 4 is 34.2 Å². The highest BCUT2D eigenvalue weighted by molar-refractivity contribution is 7.13. The van der Waals surface area contributed by atoms with Crippen LogP contribution in [-0.4, -0.2) is 35.6 Å². The first-order valence-corrected chi connectivity index (χ1v) is 9.84. The standard InChI is InChI=1S/C19H21NO2S2/c1-14-8-12-24-18(14)16(17-7-4-11-23-17)6-3-10-20-9-2-5-15(13-20)19(21)22/h4-8,11-12H,2-3,9-10,13H2,1H3,(H,21,22)/b16-6+. The van der Waals surface area contributed by atoms with Crippen LogP contribution in [0.25, 0.3) is 5.57 Å². The second-order valence-electron chi connectivity index (χ2n) is 5.92. The van der Waals surface area contributed by atoms with E-state index in [0.717, 1.165) is 25.9 Å². The van der Waals surface area contributed by atoms with Crippen LogP contribution in [0.4, 0.5) is 0 Å². The highest BCUT2D eigenvalue weighted by Gasteiger charge is 2.17. The number of hydrogen-bond donors (Lipinski definition) is 1. The molecule has 24 heavy (non-hydrogen) atoms. The lowest BCUT2D eigenvalue weighted by Gasteiger charge is -2.25. The van der Waals surface area contributed by atoms with Gasteiger partial charge in [0.25, 0.3) is 0 Å². The van der Waals surface area contributed by atoms with Gasteiger partial charge in [0.05, 0.1) is 0 Å². The molecule has 0 spiro atoms. The van der Waals surface area contributed by atoms with Crippen LogP contribution >= 0.6 is 22.7 Å². The van der Waals surface area contributed by atoms with Gasteiger partial charge in [0.15, 0.2) is 0 Å². The van der Waals surface area contributed by atoms with Crippen molar-refractivity contribution in [3.63, 3.8) is 0 Å². The second-order valence-corrected chi connectivity index (χ2v) is 7.78. The topological polar surface area (TPSA) is 40.5 Å². The summed E-state index contributed by atoms with van der Waals surface area (Å²) < 4.78 is 0. The van der Waals surface area contributed by atoms with Crippen molar-refractivity contribution < 1.29 is 9.90 Å². The smallest absolute Gasteiger partial charge is 0.332 e. The summed E-state index contributed by atoms with van der Waals surface area (Å²) in [5.74, 6) is -0.788. The number of aryl methyl sites for hydroxylation is 1. The molecule has 0 saturated heterocycles. The Kier molecular flexibility index (Phi) is 5.66. The fourth-order valence-electron chi connectivity index (χ4n) is 2.93. The minimum Gasteiger partial charge on any atom is -0.478 e. The lowest BCUT2D eigenvalue weighted by Crippen LogP contribution is -2.32. The molecule has 5 heteroatoms. The molecule has 1 aliphatic heterocycles. The Morgan fingerprint density at radius 1 is 1.33 bits per heavy atom. The van der Waals surface area contributed by atoms with Crippen molar-refractivity contribution in [1.82, 2.24) is 4.90 Å². The molecule has 0 aliphatic carbocycles. The molecule has 3 rings (SSSR count). The van der Waals surface area contributed by atoms with Crippen molar-refractivity contribution in [3.05, 3.63) is 62.0 Å². The maximum absolute atomic E-state index is 11.1. The van der Waals surface area contributed by atoms with Gasteiger partial charge >= 0.3 is 5.97 Å². The molecule has 0 radical (unpaired) electrons. The van der Waals surface area contributed by atoms with Crippen molar-refractivity contribution in [3.8, 4) is 0 Å². The van der Waals surface area contributed by atoms with E-state index in [4.69, 9.17) is 5.11 Å². The summed E-state index contributed by atoms with van der Waals surface area (Å²) in [6.07, 6.45) is 5.91. The van der Waals surface area contributed by atoms with Crippen LogP contribution in [0.15, 0.2) is 46.7 Å². The van der Waals surface area contributed by atoms with E-state index in [2.05, 4.69) is 46.9 Å². The lowest BCUT2D eigenvalue weighted by molar-refractivity contribution is -0.133. The van der Waals surface area contributed by atoms with Gasteiger partial charge < -0.3 is 5.11 Å². The summed E-state index contributed by atoms with van der Waals surface area (Å²) in [6, 6.07) is 6.42. The van der Waals surface area contributed by atoms with Crippen LogP contribution in [0.1, 0.15) is 28.2 Å². The van der Waals surface area contributed by atoms with Gasteiger partial charge in [0.2, 0.25) is 0 Å². The first-order valence-electron chi connectivity index (χ1n) is 8.08. The first-order chi connectivity index (χ1) is 11.6. The maximum Gasteiger partial charge on any atom is 0.332 e. The third-order valence-corrected chi connectivity index (χ3v) is 6.14. The normalized spacial score (nSPS) is 16.2. The van der Waals surface area contributed by atoms with Crippen LogP contribution in [-0.2, 0) is 4.79 Å². The van der Waals surface area contributed by atoms with E-state index in [1.165, 1.54) is 20.9 Å². The Hall–Kier alpha value is -1.69. The molecule has 0 fully saturated rings. The van der Waals surface area contributed by atoms with Gasteiger partial charge in [-0.05, 0) is 48.2 Å². The van der Waals surface area contributed by atoms with E-state index < -0.39 is 5.97 Å². The number of thiophene rings is 2. The number of hydrogen-bond acceptors (Lipinski definition) is 4. The van der Waals surface area contributed by atoms with Crippen molar-refractivity contribution in [2.24, 2.45) is 0 Å². The number of carboxylic acids is 1. The van der Waals surface area contributed by atoms with Crippen molar-refractivity contribution in [2.45, 2.75) is 19.8 Å². The summed E-state index contributed by atoms with van der Waals surface area (Å²) in [6.45, 7) is 4.54. The minimum atomic E-state index is -0.788. The fourth-order valence-corrected chi connectivity index (χ4v) is 4.75. The van der Waals surface area contributed by atoms with Crippen LogP contribution in [0.2, 0.25) is 0 Å². The zero-order chi connectivity index (χ0) is 16.9. The van der Waals surface area contributed by atoms with Crippen LogP contribution in [0, 0.1) is 6.92 Å². The number of carboxylic acid groups (broad SMARTS) is 1. The number of carbonyl (C=O) groups is 1. The number of rotatable bonds is 6. The Bertz CT molecular complexity index is 756. The fraction of sp³-hybridized carbons (Fsp3) is 0.316. The van der Waals surface area contributed by atoms with Gasteiger partial charge in [-0.2, -0.15) is 0 Å². The van der Waals surface area contributed by atoms with E-state index in [0.29, 0.717) is 12.1 Å². The quantitative estimate of drug-likeness (QED) is 0.816. The van der Waals surface area contributed by atoms with E-state index in [1.807, 2.05) is 6.08 Å². The average molecular weight is 360 g/mol. The highest BCUT2D eigenvalue weighted by atomic mass is 32.1. The third kappa shape index (κ3) is 4.04. The molecule has 0 aromatic carbocycles. The highest BCUT2D eigenvalue weighted by Crippen LogP contribution is 2.33. The van der Waals surface area contributed by atoms with Gasteiger partial charge in [-0.3, -0.25) is 4.90 Å². The maximum atomic E-state index is 11.1. The van der Waals surface area contributed by atoms with Crippen molar-refractivity contribution in [1.29, 1.82) is 0 Å². The molecule has 0 amide bonds. The Labute approximate surface area is 150 Å². The summed E-state index contributed by atoms with van der Waals surface area (Å²) >= 11 is 3.55. The molecular formula is C19H21NO2S2. The average Bonchev–Trinajstić information content (AvgIpc) is 3.24. The minimum absolute atomic E-state index is 0.526. The van der Waals surface area contributed by atoms with Gasteiger partial charge in [-0.25, -0.2) is 4.79 Å². The molecule has 3 heterocycles. The van der Waals surface area contributed by atoms with Crippen molar-refractivity contribution in [2.75, 3.05) is 19.6 Å². The monoisotopic (exact) mass is 359 g/mol. The van der Waals surface area contributed by atoms with Crippen LogP contribution < -0.4 is 0 Å². The van der Waals surface area contributed by atoms with Crippen LogP contribution in [0.3, 0.4) is 0 Å². The first kappa shape index (κ1) is 17.1. The Morgan fingerprint density at radius 3 is 2.88 bits per heavy atom. The molecule has 0 unspecified atom stereocenters. The molecular weight excluding hydrogens is 338 g/mol. The predicted molar refractivity (Wildman–Crippen MR) is 102 cm³/mol. The van der Waals surface area contributed by atoms with Gasteiger partial charge in [-0.15, -0.1) is 22.7 Å². The predicted octanol–water partition coefficient (Wildman–Crippen LogP) is 4.66. The lowest BCUT2D eigenvalue weighted by atomic mass is 10.1. The van der Waals surface area contributed by atoms with E-state index in [9.17, 15) is 4.79 Å².